The van der Waals surface area contributed by atoms with Crippen molar-refractivity contribution >= 4 is 0 Å². The molecule has 1 rings (SSSR count). The zero-order chi connectivity index (χ0) is 11.8. The molecule has 0 radical (unpaired) electrons. The summed E-state index contributed by atoms with van der Waals surface area (Å²) < 4.78 is 5.06. The lowest BCUT2D eigenvalue weighted by Gasteiger charge is -2.29. The molecule has 1 aliphatic carbocycles. The highest BCUT2D eigenvalue weighted by atomic mass is 16.5. The number of nitrogens with zero attached hydrogens (tertiary/aromatic N) is 1. The van der Waals surface area contributed by atoms with E-state index in [2.05, 4.69) is 11.9 Å². The van der Waals surface area contributed by atoms with E-state index in [1.54, 1.807) is 7.11 Å². The molecule has 0 amide bonds. The Morgan fingerprint density at radius 3 is 2.44 bits per heavy atom. The molecule has 0 aromatic carbocycles. The van der Waals surface area contributed by atoms with Gasteiger partial charge in [0.2, 0.25) is 0 Å². The third kappa shape index (κ3) is 5.28. The summed E-state index contributed by atoms with van der Waals surface area (Å²) in [5.41, 5.74) is 6.08. The van der Waals surface area contributed by atoms with Gasteiger partial charge in [-0.3, -0.25) is 0 Å². The molecular formula is C13H28N2O. The highest BCUT2D eigenvalue weighted by Crippen LogP contribution is 2.21. The van der Waals surface area contributed by atoms with Crippen LogP contribution < -0.4 is 5.73 Å². The van der Waals surface area contributed by atoms with Gasteiger partial charge in [-0.05, 0) is 26.3 Å². The van der Waals surface area contributed by atoms with Crippen molar-refractivity contribution in [1.82, 2.24) is 4.90 Å². The molecular weight excluding hydrogens is 200 g/mol. The van der Waals surface area contributed by atoms with E-state index in [0.29, 0.717) is 0 Å². The first-order valence-corrected chi connectivity index (χ1v) is 6.68. The molecule has 1 fully saturated rings. The smallest absolute Gasteiger partial charge is 0.0477 e. The molecule has 16 heavy (non-hydrogen) atoms. The second-order valence-electron chi connectivity index (χ2n) is 5.13. The van der Waals surface area contributed by atoms with Crippen LogP contribution >= 0.6 is 0 Å². The largest absolute Gasteiger partial charge is 0.385 e. The van der Waals surface area contributed by atoms with Gasteiger partial charge in [-0.15, -0.1) is 0 Å². The van der Waals surface area contributed by atoms with Crippen molar-refractivity contribution in [2.75, 3.05) is 27.3 Å². The summed E-state index contributed by atoms with van der Waals surface area (Å²) in [5.74, 6) is 0. The summed E-state index contributed by atoms with van der Waals surface area (Å²) in [6.45, 7) is 1.79. The molecule has 2 N–H and O–H groups in total. The van der Waals surface area contributed by atoms with Gasteiger partial charge in [0.15, 0.2) is 0 Å². The van der Waals surface area contributed by atoms with Gasteiger partial charge in [-0.25, -0.2) is 0 Å². The van der Waals surface area contributed by atoms with Crippen LogP contribution in [0.15, 0.2) is 0 Å². The van der Waals surface area contributed by atoms with E-state index in [9.17, 15) is 0 Å². The maximum Gasteiger partial charge on any atom is 0.0477 e. The van der Waals surface area contributed by atoms with Gasteiger partial charge in [-0.2, -0.15) is 0 Å². The van der Waals surface area contributed by atoms with Crippen molar-refractivity contribution in [2.45, 2.75) is 57.0 Å². The van der Waals surface area contributed by atoms with Gasteiger partial charge in [0.1, 0.15) is 0 Å². The zero-order valence-corrected chi connectivity index (χ0v) is 11.0. The lowest BCUT2D eigenvalue weighted by Crippen LogP contribution is -2.41. The first-order valence-electron chi connectivity index (χ1n) is 6.68. The van der Waals surface area contributed by atoms with Gasteiger partial charge >= 0.3 is 0 Å². The predicted octanol–water partition coefficient (Wildman–Crippen LogP) is 2.00. The molecule has 1 atom stereocenters. The highest BCUT2D eigenvalue weighted by Gasteiger charge is 2.18. The fourth-order valence-electron chi connectivity index (χ4n) is 2.58. The zero-order valence-electron chi connectivity index (χ0n) is 11.0. The Balaban J connectivity index is 2.23. The van der Waals surface area contributed by atoms with Gasteiger partial charge < -0.3 is 15.4 Å². The van der Waals surface area contributed by atoms with Gasteiger partial charge in [0, 0.05) is 32.3 Å². The Kier molecular flexibility index (Phi) is 7.01. The third-order valence-corrected chi connectivity index (χ3v) is 3.66. The number of nitrogens with two attached hydrogens (primary N) is 1. The van der Waals surface area contributed by atoms with E-state index in [4.69, 9.17) is 10.5 Å². The Hall–Kier alpha value is -0.120. The topological polar surface area (TPSA) is 38.5 Å². The maximum absolute atomic E-state index is 6.08. The Morgan fingerprint density at radius 2 is 1.88 bits per heavy atom. The molecule has 1 unspecified atom stereocenters. The number of rotatable bonds is 6. The maximum atomic E-state index is 6.08. The Morgan fingerprint density at radius 1 is 1.25 bits per heavy atom. The summed E-state index contributed by atoms with van der Waals surface area (Å²) in [7, 11) is 3.96. The Labute approximate surface area is 100 Å². The molecule has 0 spiro atoms. The molecule has 0 bridgehead atoms. The SMILES string of the molecule is COCCC(N)CN(C)C1CCCCCC1. The van der Waals surface area contributed by atoms with Crippen LogP contribution in [0.5, 0.6) is 0 Å². The molecule has 0 heterocycles. The highest BCUT2D eigenvalue weighted by molar-refractivity contribution is 4.75. The van der Waals surface area contributed by atoms with E-state index in [-0.39, 0.29) is 6.04 Å². The quantitative estimate of drug-likeness (QED) is 0.707. The van der Waals surface area contributed by atoms with Crippen LogP contribution in [0, 0.1) is 0 Å². The second-order valence-corrected chi connectivity index (χ2v) is 5.13. The van der Waals surface area contributed by atoms with Gasteiger partial charge in [0.05, 0.1) is 0 Å². The van der Waals surface area contributed by atoms with Crippen molar-refractivity contribution < 1.29 is 4.74 Å². The van der Waals surface area contributed by atoms with Crippen LogP contribution in [0.4, 0.5) is 0 Å². The molecule has 0 aromatic heterocycles. The van der Waals surface area contributed by atoms with E-state index in [0.717, 1.165) is 25.6 Å². The predicted molar refractivity (Wildman–Crippen MR) is 68.6 cm³/mol. The lowest BCUT2D eigenvalue weighted by atomic mass is 10.1. The monoisotopic (exact) mass is 228 g/mol. The minimum atomic E-state index is 0.258. The molecule has 0 saturated heterocycles. The van der Waals surface area contributed by atoms with Crippen LogP contribution in [0.2, 0.25) is 0 Å². The van der Waals surface area contributed by atoms with Crippen LogP contribution in [0.25, 0.3) is 0 Å². The second kappa shape index (κ2) is 8.04. The van der Waals surface area contributed by atoms with Crippen LogP contribution in [-0.2, 0) is 4.74 Å². The summed E-state index contributed by atoms with van der Waals surface area (Å²) in [6, 6.07) is 1.02. The Bertz CT molecular complexity index is 167. The van der Waals surface area contributed by atoms with Crippen LogP contribution in [-0.4, -0.2) is 44.3 Å². The van der Waals surface area contributed by atoms with E-state index in [1.807, 2.05) is 0 Å². The molecule has 0 aromatic rings. The molecule has 3 heteroatoms. The molecule has 1 aliphatic rings. The summed E-state index contributed by atoms with van der Waals surface area (Å²) >= 11 is 0. The first-order chi connectivity index (χ1) is 7.74. The molecule has 0 aliphatic heterocycles. The van der Waals surface area contributed by atoms with Crippen LogP contribution in [0.3, 0.4) is 0 Å². The standard InChI is InChI=1S/C13H28N2O/c1-15(11-12(14)9-10-16-2)13-7-5-3-4-6-8-13/h12-13H,3-11,14H2,1-2H3. The van der Waals surface area contributed by atoms with E-state index >= 15 is 0 Å². The number of methoxy groups -OCH3 is 1. The summed E-state index contributed by atoms with van der Waals surface area (Å²) in [5, 5.41) is 0. The van der Waals surface area contributed by atoms with Crippen molar-refractivity contribution in [2.24, 2.45) is 5.73 Å². The van der Waals surface area contributed by atoms with Crippen molar-refractivity contribution in [3.8, 4) is 0 Å². The fraction of sp³-hybridized carbons (Fsp3) is 1.00. The summed E-state index contributed by atoms with van der Waals surface area (Å²) in [4.78, 5) is 2.46. The molecule has 3 nitrogen and oxygen atoms in total. The van der Waals surface area contributed by atoms with Gasteiger partial charge in [-0.1, -0.05) is 25.7 Å². The molecule has 1 saturated carbocycles. The number of ether oxygens (including phenoxy) is 1. The first kappa shape index (κ1) is 13.9. The number of hydrogen-bond acceptors (Lipinski definition) is 3. The van der Waals surface area contributed by atoms with Crippen molar-refractivity contribution in [3.05, 3.63) is 0 Å². The normalized spacial score (nSPS) is 21.0. The third-order valence-electron chi connectivity index (χ3n) is 3.66. The molecule has 96 valence electrons. The fourth-order valence-corrected chi connectivity index (χ4v) is 2.58. The van der Waals surface area contributed by atoms with E-state index < -0.39 is 0 Å². The minimum Gasteiger partial charge on any atom is -0.385 e. The average molecular weight is 228 g/mol. The lowest BCUT2D eigenvalue weighted by molar-refractivity contribution is 0.165. The average Bonchev–Trinajstić information content (AvgIpc) is 2.54. The van der Waals surface area contributed by atoms with Crippen molar-refractivity contribution in [3.63, 3.8) is 0 Å². The van der Waals surface area contributed by atoms with Crippen LogP contribution in [0.1, 0.15) is 44.9 Å². The number of likely N-dealkylation sites (N-methyl/N-ethyl adjacent to an activating group) is 1. The minimum absolute atomic E-state index is 0.258. The van der Waals surface area contributed by atoms with E-state index in [1.165, 1.54) is 38.5 Å². The summed E-state index contributed by atoms with van der Waals surface area (Å²) in [6.07, 6.45) is 9.29. The van der Waals surface area contributed by atoms with Crippen molar-refractivity contribution in [1.29, 1.82) is 0 Å². The number of hydrogen-bond donors (Lipinski definition) is 1. The van der Waals surface area contributed by atoms with Gasteiger partial charge in [0.25, 0.3) is 0 Å².